The van der Waals surface area contributed by atoms with Gasteiger partial charge in [0.15, 0.2) is 0 Å². The van der Waals surface area contributed by atoms with Gasteiger partial charge in [0.1, 0.15) is 12.4 Å². The summed E-state index contributed by atoms with van der Waals surface area (Å²) < 4.78 is 6.58. The highest BCUT2D eigenvalue weighted by Gasteiger charge is 2.37. The van der Waals surface area contributed by atoms with E-state index < -0.39 is 0 Å². The van der Waals surface area contributed by atoms with E-state index in [1.54, 1.807) is 0 Å². The lowest BCUT2D eigenvalue weighted by molar-refractivity contribution is 0.0583. The van der Waals surface area contributed by atoms with Gasteiger partial charge < -0.3 is 9.84 Å². The van der Waals surface area contributed by atoms with Crippen LogP contribution in [-0.4, -0.2) is 11.2 Å². The Morgan fingerprint density at radius 2 is 1.80 bits per heavy atom. The number of allylic oxidation sites excluding steroid dienone is 1. The van der Waals surface area contributed by atoms with E-state index in [-0.39, 0.29) is 17.4 Å². The Morgan fingerprint density at radius 1 is 1.06 bits per heavy atom. The molecule has 1 aliphatic rings. The quantitative estimate of drug-likeness (QED) is 0.245. The van der Waals surface area contributed by atoms with Crippen LogP contribution in [0.1, 0.15) is 109 Å². The molecule has 1 fully saturated rings. The van der Waals surface area contributed by atoms with Gasteiger partial charge in [-0.3, -0.25) is 0 Å². The number of hydrogen-bond donors (Lipinski definition) is 1. The zero-order chi connectivity index (χ0) is 25.4. The van der Waals surface area contributed by atoms with E-state index in [2.05, 4.69) is 83.7 Å². The lowest BCUT2D eigenvalue weighted by atomic mass is 9.66. The Kier molecular flexibility index (Phi) is 10.0. The third-order valence-electron chi connectivity index (χ3n) is 8.09. The monoisotopic (exact) mass is 476 g/mol. The van der Waals surface area contributed by atoms with Crippen LogP contribution >= 0.6 is 0 Å². The highest BCUT2D eigenvalue weighted by molar-refractivity contribution is 5.43. The van der Waals surface area contributed by atoms with Gasteiger partial charge in [0.05, 0.1) is 6.10 Å². The summed E-state index contributed by atoms with van der Waals surface area (Å²) in [5, 5.41) is 10.7. The second kappa shape index (κ2) is 12.8. The molecule has 3 rings (SSSR count). The molecule has 0 spiro atoms. The Balaban J connectivity index is 1.94. The zero-order valence-corrected chi connectivity index (χ0v) is 22.9. The number of aliphatic hydroxyl groups excluding tert-OH is 1. The average molecular weight is 477 g/mol. The molecule has 0 saturated heterocycles. The first kappa shape index (κ1) is 27.5. The van der Waals surface area contributed by atoms with Crippen molar-refractivity contribution in [2.75, 3.05) is 0 Å². The standard InChI is InChI=1S/C33H48O2/c1-7-8-9-13-18-33(5,6)27-16-17-29(32(21-27)35-23-26-14-11-10-12-15-26)31-22-28(34)20-25(4)30(31)19-24(2)3/h10-12,14-17,21,25,28,30-31,34H,2,7-9,13,18-20,22-23H2,1,3-6H3. The van der Waals surface area contributed by atoms with Gasteiger partial charge in [-0.25, -0.2) is 0 Å². The number of hydrogen-bond acceptors (Lipinski definition) is 2. The summed E-state index contributed by atoms with van der Waals surface area (Å²) in [6.45, 7) is 16.2. The van der Waals surface area contributed by atoms with Gasteiger partial charge >= 0.3 is 0 Å². The molecule has 192 valence electrons. The van der Waals surface area contributed by atoms with Gasteiger partial charge in [0.2, 0.25) is 0 Å². The number of benzene rings is 2. The molecule has 2 aromatic carbocycles. The summed E-state index contributed by atoms with van der Waals surface area (Å²) in [6, 6.07) is 17.4. The third-order valence-corrected chi connectivity index (χ3v) is 8.09. The predicted octanol–water partition coefficient (Wildman–Crippen LogP) is 8.97. The smallest absolute Gasteiger partial charge is 0.123 e. The van der Waals surface area contributed by atoms with Crippen LogP contribution in [0.25, 0.3) is 0 Å². The molecule has 0 heterocycles. The number of ether oxygens (including phenoxy) is 1. The molecule has 1 saturated carbocycles. The van der Waals surface area contributed by atoms with Crippen molar-refractivity contribution in [2.24, 2.45) is 11.8 Å². The molecule has 0 radical (unpaired) electrons. The predicted molar refractivity (Wildman–Crippen MR) is 149 cm³/mol. The Labute approximate surface area is 214 Å². The average Bonchev–Trinajstić information content (AvgIpc) is 2.82. The summed E-state index contributed by atoms with van der Waals surface area (Å²) in [4.78, 5) is 0. The molecule has 1 N–H and O–H groups in total. The first-order valence-electron chi connectivity index (χ1n) is 13.8. The topological polar surface area (TPSA) is 29.5 Å². The van der Waals surface area contributed by atoms with Gasteiger partial charge in [-0.2, -0.15) is 0 Å². The molecule has 4 unspecified atom stereocenters. The highest BCUT2D eigenvalue weighted by Crippen LogP contribution is 2.47. The molecular weight excluding hydrogens is 428 g/mol. The van der Waals surface area contributed by atoms with Crippen molar-refractivity contribution < 1.29 is 9.84 Å². The summed E-state index contributed by atoms with van der Waals surface area (Å²) >= 11 is 0. The van der Waals surface area contributed by atoms with Crippen molar-refractivity contribution in [3.8, 4) is 5.75 Å². The maximum atomic E-state index is 10.7. The Bertz CT molecular complexity index is 929. The summed E-state index contributed by atoms with van der Waals surface area (Å²) in [7, 11) is 0. The van der Waals surface area contributed by atoms with E-state index in [0.29, 0.717) is 18.4 Å². The SMILES string of the molecule is C=C(C)CC1C(C)CC(O)CC1c1ccc(C(C)(C)CCCCCC)cc1OCc1ccccc1. The van der Waals surface area contributed by atoms with Crippen molar-refractivity contribution in [1.29, 1.82) is 0 Å². The van der Waals surface area contributed by atoms with Crippen LogP contribution in [0.3, 0.4) is 0 Å². The fourth-order valence-electron chi connectivity index (χ4n) is 5.93. The largest absolute Gasteiger partial charge is 0.489 e. The lowest BCUT2D eigenvalue weighted by Crippen LogP contribution is -2.33. The molecule has 0 bridgehead atoms. The van der Waals surface area contributed by atoms with Crippen LogP contribution in [0.4, 0.5) is 0 Å². The van der Waals surface area contributed by atoms with Crippen LogP contribution in [0, 0.1) is 11.8 Å². The van der Waals surface area contributed by atoms with Gasteiger partial charge in [0, 0.05) is 0 Å². The Hall–Kier alpha value is -2.06. The molecule has 0 aliphatic heterocycles. The molecule has 0 aromatic heterocycles. The van der Waals surface area contributed by atoms with Crippen molar-refractivity contribution in [2.45, 2.75) is 110 Å². The second-order valence-corrected chi connectivity index (χ2v) is 11.8. The first-order valence-corrected chi connectivity index (χ1v) is 13.8. The maximum Gasteiger partial charge on any atom is 0.123 e. The van der Waals surface area contributed by atoms with Crippen LogP contribution in [0.15, 0.2) is 60.7 Å². The molecule has 35 heavy (non-hydrogen) atoms. The van der Waals surface area contributed by atoms with Gasteiger partial charge in [-0.1, -0.05) is 101 Å². The van der Waals surface area contributed by atoms with Crippen molar-refractivity contribution in [1.82, 2.24) is 0 Å². The van der Waals surface area contributed by atoms with Crippen LogP contribution in [-0.2, 0) is 12.0 Å². The van der Waals surface area contributed by atoms with Crippen LogP contribution in [0.2, 0.25) is 0 Å². The minimum absolute atomic E-state index is 0.105. The molecule has 2 nitrogen and oxygen atoms in total. The summed E-state index contributed by atoms with van der Waals surface area (Å²) in [5.74, 6) is 2.20. The minimum Gasteiger partial charge on any atom is -0.489 e. The molecular formula is C33H48O2. The van der Waals surface area contributed by atoms with E-state index in [4.69, 9.17) is 4.74 Å². The third kappa shape index (κ3) is 7.71. The van der Waals surface area contributed by atoms with Crippen LogP contribution in [0.5, 0.6) is 5.75 Å². The van der Waals surface area contributed by atoms with Gasteiger partial charge in [0.25, 0.3) is 0 Å². The molecule has 0 amide bonds. The fraction of sp³-hybridized carbons (Fsp3) is 0.576. The minimum atomic E-state index is -0.256. The lowest BCUT2D eigenvalue weighted by Gasteiger charge is -2.40. The molecule has 2 heteroatoms. The Morgan fingerprint density at radius 3 is 2.49 bits per heavy atom. The van der Waals surface area contributed by atoms with Crippen molar-refractivity contribution in [3.63, 3.8) is 0 Å². The first-order chi connectivity index (χ1) is 16.7. The van der Waals surface area contributed by atoms with E-state index in [0.717, 1.165) is 25.0 Å². The second-order valence-electron chi connectivity index (χ2n) is 11.8. The summed E-state index contributed by atoms with van der Waals surface area (Å²) in [5.41, 5.74) is 5.11. The van der Waals surface area contributed by atoms with E-state index in [1.165, 1.54) is 54.4 Å². The van der Waals surface area contributed by atoms with E-state index >= 15 is 0 Å². The molecule has 2 aromatic rings. The van der Waals surface area contributed by atoms with Gasteiger partial charge in [-0.15, -0.1) is 6.58 Å². The normalized spacial score (nSPS) is 22.7. The van der Waals surface area contributed by atoms with Crippen molar-refractivity contribution >= 4 is 0 Å². The van der Waals surface area contributed by atoms with Crippen LogP contribution < -0.4 is 4.74 Å². The zero-order valence-electron chi connectivity index (χ0n) is 22.9. The number of rotatable bonds is 12. The van der Waals surface area contributed by atoms with Gasteiger partial charge in [-0.05, 0) is 78.5 Å². The van der Waals surface area contributed by atoms with E-state index in [1.807, 2.05) is 6.07 Å². The summed E-state index contributed by atoms with van der Waals surface area (Å²) in [6.07, 6.45) is 8.74. The maximum absolute atomic E-state index is 10.7. The van der Waals surface area contributed by atoms with Crippen molar-refractivity contribution in [3.05, 3.63) is 77.4 Å². The molecule has 4 atom stereocenters. The fourth-order valence-corrected chi connectivity index (χ4v) is 5.93. The highest BCUT2D eigenvalue weighted by atomic mass is 16.5. The number of unbranched alkanes of at least 4 members (excludes halogenated alkanes) is 3. The van der Waals surface area contributed by atoms with E-state index in [9.17, 15) is 5.11 Å². The molecule has 1 aliphatic carbocycles. The number of aliphatic hydroxyl groups is 1.